The van der Waals surface area contributed by atoms with Crippen molar-refractivity contribution in [1.82, 2.24) is 0 Å². The quantitative estimate of drug-likeness (QED) is 0.216. The van der Waals surface area contributed by atoms with Gasteiger partial charge in [0.25, 0.3) is 0 Å². The molecule has 0 aliphatic heterocycles. The average Bonchev–Trinajstić information content (AvgIpc) is 2.91. The molecule has 0 atom stereocenters. The second kappa shape index (κ2) is 12.2. The molecular formula is C28H29NO6. The highest BCUT2D eigenvalue weighted by atomic mass is 16.5. The Morgan fingerprint density at radius 2 is 1.31 bits per heavy atom. The maximum atomic E-state index is 12.4. The van der Waals surface area contributed by atoms with Crippen LogP contribution in [-0.2, 0) is 0 Å². The SMILES string of the molecule is COc1cc(/C=C\c2cc(OC)c(OC)c(OC)c2)c(N/C=C\C(=O)c2ccccc2)cc1OC. The molecule has 3 rings (SSSR count). The number of rotatable bonds is 11. The molecule has 0 saturated heterocycles. The number of ketones is 1. The zero-order valence-corrected chi connectivity index (χ0v) is 20.5. The van der Waals surface area contributed by atoms with Crippen LogP contribution in [0.2, 0.25) is 0 Å². The number of ether oxygens (including phenoxy) is 5. The summed E-state index contributed by atoms with van der Waals surface area (Å²) >= 11 is 0. The van der Waals surface area contributed by atoms with Crippen molar-refractivity contribution in [3.63, 3.8) is 0 Å². The number of hydrogen-bond donors (Lipinski definition) is 1. The van der Waals surface area contributed by atoms with Gasteiger partial charge in [-0.1, -0.05) is 42.5 Å². The van der Waals surface area contributed by atoms with E-state index in [1.54, 1.807) is 53.9 Å². The van der Waals surface area contributed by atoms with E-state index in [0.717, 1.165) is 16.8 Å². The highest BCUT2D eigenvalue weighted by Gasteiger charge is 2.13. The lowest BCUT2D eigenvalue weighted by Gasteiger charge is -2.14. The molecule has 0 heterocycles. The van der Waals surface area contributed by atoms with E-state index in [4.69, 9.17) is 23.7 Å². The number of anilines is 1. The van der Waals surface area contributed by atoms with Crippen LogP contribution >= 0.6 is 0 Å². The molecular weight excluding hydrogens is 446 g/mol. The monoisotopic (exact) mass is 475 g/mol. The van der Waals surface area contributed by atoms with Gasteiger partial charge in [0.1, 0.15) is 0 Å². The Labute approximate surface area is 205 Å². The number of carbonyl (C=O) groups is 1. The summed E-state index contributed by atoms with van der Waals surface area (Å²) in [6, 6.07) is 16.4. The Kier molecular flexibility index (Phi) is 8.78. The summed E-state index contributed by atoms with van der Waals surface area (Å²) in [5, 5.41) is 3.18. The van der Waals surface area contributed by atoms with Crippen LogP contribution in [0.25, 0.3) is 12.2 Å². The van der Waals surface area contributed by atoms with Crippen molar-refractivity contribution >= 4 is 23.6 Å². The first-order valence-corrected chi connectivity index (χ1v) is 10.8. The molecule has 0 aliphatic carbocycles. The van der Waals surface area contributed by atoms with Crippen LogP contribution in [0.3, 0.4) is 0 Å². The van der Waals surface area contributed by atoms with E-state index in [1.807, 2.05) is 54.6 Å². The lowest BCUT2D eigenvalue weighted by Crippen LogP contribution is -1.99. The third-order valence-electron chi connectivity index (χ3n) is 5.23. The molecule has 0 unspecified atom stereocenters. The van der Waals surface area contributed by atoms with Crippen LogP contribution in [0.5, 0.6) is 28.7 Å². The summed E-state index contributed by atoms with van der Waals surface area (Å²) in [6.07, 6.45) is 6.92. The molecule has 0 amide bonds. The molecule has 3 aromatic carbocycles. The second-order valence-electron chi connectivity index (χ2n) is 7.29. The Morgan fingerprint density at radius 3 is 1.89 bits per heavy atom. The van der Waals surface area contributed by atoms with Gasteiger partial charge >= 0.3 is 0 Å². The van der Waals surface area contributed by atoms with Gasteiger partial charge in [-0.05, 0) is 23.8 Å². The van der Waals surface area contributed by atoms with Gasteiger partial charge in [0.15, 0.2) is 28.8 Å². The molecule has 0 saturated carbocycles. The molecule has 0 radical (unpaired) electrons. The number of allylic oxidation sites excluding steroid dienone is 1. The first-order chi connectivity index (χ1) is 17.0. The van der Waals surface area contributed by atoms with Crippen LogP contribution in [0.1, 0.15) is 21.5 Å². The van der Waals surface area contributed by atoms with Gasteiger partial charge in [0, 0.05) is 35.2 Å². The summed E-state index contributed by atoms with van der Waals surface area (Å²) in [6.45, 7) is 0. The van der Waals surface area contributed by atoms with Gasteiger partial charge in [-0.15, -0.1) is 0 Å². The minimum Gasteiger partial charge on any atom is -0.493 e. The van der Waals surface area contributed by atoms with Crippen molar-refractivity contribution in [2.45, 2.75) is 0 Å². The van der Waals surface area contributed by atoms with Crippen LogP contribution in [-0.4, -0.2) is 41.3 Å². The van der Waals surface area contributed by atoms with Crippen molar-refractivity contribution in [2.24, 2.45) is 0 Å². The molecule has 7 heteroatoms. The number of nitrogens with one attached hydrogen (secondary N) is 1. The fourth-order valence-corrected chi connectivity index (χ4v) is 3.45. The van der Waals surface area contributed by atoms with E-state index in [2.05, 4.69) is 5.32 Å². The lowest BCUT2D eigenvalue weighted by molar-refractivity contribution is 0.104. The van der Waals surface area contributed by atoms with Gasteiger partial charge in [0.05, 0.1) is 35.5 Å². The van der Waals surface area contributed by atoms with Crippen LogP contribution < -0.4 is 29.0 Å². The zero-order valence-electron chi connectivity index (χ0n) is 20.5. The van der Waals surface area contributed by atoms with Gasteiger partial charge in [-0.25, -0.2) is 0 Å². The standard InChI is InChI=1S/C28H29NO6/c1-31-24-17-21(12-11-19-15-26(33-3)28(35-5)27(16-19)34-4)22(18-25(24)32-2)29-14-13-23(30)20-9-7-6-8-10-20/h6-18,29H,1-5H3/b12-11-,14-13-. The highest BCUT2D eigenvalue weighted by Crippen LogP contribution is 2.39. The number of carbonyl (C=O) groups excluding carboxylic acids is 1. The number of hydrogen-bond acceptors (Lipinski definition) is 7. The molecule has 0 aromatic heterocycles. The molecule has 0 spiro atoms. The van der Waals surface area contributed by atoms with Crippen LogP contribution in [0, 0.1) is 0 Å². The van der Waals surface area contributed by atoms with Crippen molar-refractivity contribution in [3.05, 3.63) is 83.6 Å². The number of methoxy groups -OCH3 is 5. The van der Waals surface area contributed by atoms with Gasteiger partial charge in [0.2, 0.25) is 5.75 Å². The fraction of sp³-hybridized carbons (Fsp3) is 0.179. The fourth-order valence-electron chi connectivity index (χ4n) is 3.45. The van der Waals surface area contributed by atoms with E-state index < -0.39 is 0 Å². The van der Waals surface area contributed by atoms with Crippen molar-refractivity contribution in [2.75, 3.05) is 40.9 Å². The van der Waals surface area contributed by atoms with Crippen molar-refractivity contribution in [3.8, 4) is 28.7 Å². The van der Waals surface area contributed by atoms with Crippen molar-refractivity contribution in [1.29, 1.82) is 0 Å². The minimum absolute atomic E-state index is 0.104. The van der Waals surface area contributed by atoms with E-state index in [1.165, 1.54) is 6.08 Å². The van der Waals surface area contributed by atoms with E-state index in [0.29, 0.717) is 34.3 Å². The van der Waals surface area contributed by atoms with Crippen LogP contribution in [0.4, 0.5) is 5.69 Å². The predicted octanol–water partition coefficient (Wildman–Crippen LogP) is 5.71. The molecule has 7 nitrogen and oxygen atoms in total. The smallest absolute Gasteiger partial charge is 0.203 e. The Morgan fingerprint density at radius 1 is 0.714 bits per heavy atom. The summed E-state index contributed by atoms with van der Waals surface area (Å²) in [5.74, 6) is 2.66. The van der Waals surface area contributed by atoms with Gasteiger partial charge in [-0.2, -0.15) is 0 Å². The zero-order chi connectivity index (χ0) is 25.2. The third-order valence-corrected chi connectivity index (χ3v) is 5.23. The minimum atomic E-state index is -0.104. The first kappa shape index (κ1) is 25.2. The largest absolute Gasteiger partial charge is 0.493 e. The molecule has 0 bridgehead atoms. The van der Waals surface area contributed by atoms with Crippen LogP contribution in [0.15, 0.2) is 66.9 Å². The average molecular weight is 476 g/mol. The topological polar surface area (TPSA) is 75.3 Å². The van der Waals surface area contributed by atoms with Crippen molar-refractivity contribution < 1.29 is 28.5 Å². The number of benzene rings is 3. The Hall–Kier alpha value is -4.39. The van der Waals surface area contributed by atoms with Gasteiger partial charge in [-0.3, -0.25) is 4.79 Å². The summed E-state index contributed by atoms with van der Waals surface area (Å²) < 4.78 is 27.2. The maximum absolute atomic E-state index is 12.4. The molecule has 35 heavy (non-hydrogen) atoms. The Balaban J connectivity index is 1.94. The molecule has 182 valence electrons. The summed E-state index contributed by atoms with van der Waals surface area (Å²) in [4.78, 5) is 12.4. The van der Waals surface area contributed by atoms with E-state index >= 15 is 0 Å². The summed E-state index contributed by atoms with van der Waals surface area (Å²) in [5.41, 5.74) is 2.99. The normalized spacial score (nSPS) is 10.9. The molecule has 3 aromatic rings. The third kappa shape index (κ3) is 6.14. The summed E-state index contributed by atoms with van der Waals surface area (Å²) in [7, 11) is 7.86. The maximum Gasteiger partial charge on any atom is 0.203 e. The predicted molar refractivity (Wildman–Crippen MR) is 138 cm³/mol. The molecule has 1 N–H and O–H groups in total. The Bertz CT molecular complexity index is 1190. The van der Waals surface area contributed by atoms with E-state index in [-0.39, 0.29) is 5.78 Å². The van der Waals surface area contributed by atoms with E-state index in [9.17, 15) is 4.79 Å². The second-order valence-corrected chi connectivity index (χ2v) is 7.29. The first-order valence-electron chi connectivity index (χ1n) is 10.8. The lowest BCUT2D eigenvalue weighted by atomic mass is 10.1. The molecule has 0 aliphatic rings. The molecule has 0 fully saturated rings. The highest BCUT2D eigenvalue weighted by molar-refractivity contribution is 6.04. The van der Waals surface area contributed by atoms with Gasteiger partial charge < -0.3 is 29.0 Å².